The Kier molecular flexibility index (Phi) is 6.87. The summed E-state index contributed by atoms with van der Waals surface area (Å²) < 4.78 is 64.0. The van der Waals surface area contributed by atoms with Crippen molar-refractivity contribution >= 4 is 0 Å². The zero-order valence-corrected chi connectivity index (χ0v) is 18.5. The number of ether oxygens (including phenoxy) is 1. The Labute approximate surface area is 191 Å². The largest absolute Gasteiger partial charge is 0.486 e. The zero-order chi connectivity index (χ0) is 23.5. The highest BCUT2D eigenvalue weighted by Gasteiger charge is 2.29. The van der Waals surface area contributed by atoms with E-state index < -0.39 is 23.3 Å². The van der Waals surface area contributed by atoms with Gasteiger partial charge in [-0.3, -0.25) is 0 Å². The molecule has 0 amide bonds. The van der Waals surface area contributed by atoms with Crippen molar-refractivity contribution in [2.24, 2.45) is 0 Å². The molecule has 0 heterocycles. The van der Waals surface area contributed by atoms with E-state index in [4.69, 9.17) is 4.74 Å². The molecule has 5 heteroatoms. The number of hydrogen-bond acceptors (Lipinski definition) is 1. The summed E-state index contributed by atoms with van der Waals surface area (Å²) in [5.41, 5.74) is 2.56. The summed E-state index contributed by atoms with van der Waals surface area (Å²) in [5, 5.41) is 0. The summed E-state index contributed by atoms with van der Waals surface area (Å²) in [6, 6.07) is 13.6. The SMILES string of the molecule is C=CCOc1ccc(C2CCC(c3ccc(-c4ccc(C)cc4)c(F)c3F)CC2)c(F)c1F. The molecular formula is C28H26F4O. The molecule has 0 N–H and O–H groups in total. The fraction of sp³-hybridized carbons (Fsp3) is 0.286. The van der Waals surface area contributed by atoms with Crippen LogP contribution in [0.3, 0.4) is 0 Å². The van der Waals surface area contributed by atoms with Gasteiger partial charge in [-0.2, -0.15) is 4.39 Å². The number of rotatable bonds is 6. The summed E-state index contributed by atoms with van der Waals surface area (Å²) in [5.74, 6) is -4.05. The third-order valence-electron chi connectivity index (χ3n) is 6.52. The summed E-state index contributed by atoms with van der Waals surface area (Å²) in [7, 11) is 0. The Morgan fingerprint density at radius 3 is 1.88 bits per heavy atom. The number of halogens is 4. The van der Waals surface area contributed by atoms with Crippen molar-refractivity contribution in [1.29, 1.82) is 0 Å². The van der Waals surface area contributed by atoms with Gasteiger partial charge < -0.3 is 4.74 Å². The van der Waals surface area contributed by atoms with Gasteiger partial charge in [0.15, 0.2) is 23.2 Å². The molecular weight excluding hydrogens is 428 g/mol. The Morgan fingerprint density at radius 2 is 1.30 bits per heavy atom. The van der Waals surface area contributed by atoms with Crippen LogP contribution in [0.1, 0.15) is 54.2 Å². The molecule has 3 aromatic carbocycles. The highest BCUT2D eigenvalue weighted by molar-refractivity contribution is 5.65. The molecule has 3 aromatic rings. The van der Waals surface area contributed by atoms with Crippen LogP contribution in [0.2, 0.25) is 0 Å². The first-order valence-corrected chi connectivity index (χ1v) is 11.2. The van der Waals surface area contributed by atoms with Crippen LogP contribution in [0, 0.1) is 30.2 Å². The Hall–Kier alpha value is -3.08. The molecule has 1 nitrogen and oxygen atoms in total. The molecule has 1 saturated carbocycles. The lowest BCUT2D eigenvalue weighted by atomic mass is 9.75. The molecule has 0 atom stereocenters. The van der Waals surface area contributed by atoms with E-state index in [9.17, 15) is 17.6 Å². The summed E-state index contributed by atoms with van der Waals surface area (Å²) >= 11 is 0. The van der Waals surface area contributed by atoms with Gasteiger partial charge in [0.05, 0.1) is 0 Å². The lowest BCUT2D eigenvalue weighted by molar-refractivity contribution is 0.327. The average Bonchev–Trinajstić information content (AvgIpc) is 2.83. The molecule has 1 aliphatic rings. The summed E-state index contributed by atoms with van der Waals surface area (Å²) in [6.07, 6.45) is 3.73. The van der Waals surface area contributed by atoms with Crippen LogP contribution in [-0.4, -0.2) is 6.61 Å². The van der Waals surface area contributed by atoms with Crippen molar-refractivity contribution in [1.82, 2.24) is 0 Å². The molecule has 1 fully saturated rings. The molecule has 0 radical (unpaired) electrons. The minimum absolute atomic E-state index is 0.0889. The molecule has 0 aromatic heterocycles. The molecule has 0 spiro atoms. The predicted molar refractivity (Wildman–Crippen MR) is 123 cm³/mol. The van der Waals surface area contributed by atoms with Crippen LogP contribution in [0.5, 0.6) is 5.75 Å². The van der Waals surface area contributed by atoms with Gasteiger partial charge in [0.2, 0.25) is 5.82 Å². The second-order valence-electron chi connectivity index (χ2n) is 8.63. The lowest BCUT2D eigenvalue weighted by Gasteiger charge is -2.30. The van der Waals surface area contributed by atoms with E-state index in [0.29, 0.717) is 42.4 Å². The van der Waals surface area contributed by atoms with E-state index in [0.717, 1.165) is 5.56 Å². The van der Waals surface area contributed by atoms with E-state index in [-0.39, 0.29) is 29.8 Å². The van der Waals surface area contributed by atoms with Gasteiger partial charge in [-0.25, -0.2) is 13.2 Å². The maximum absolute atomic E-state index is 15.0. The molecule has 172 valence electrons. The fourth-order valence-electron chi connectivity index (χ4n) is 4.67. The average molecular weight is 455 g/mol. The molecule has 0 bridgehead atoms. The van der Waals surface area contributed by atoms with Crippen molar-refractivity contribution < 1.29 is 22.3 Å². The third kappa shape index (κ3) is 4.68. The number of benzene rings is 3. The number of aryl methyl sites for hydroxylation is 1. The smallest absolute Gasteiger partial charge is 0.200 e. The van der Waals surface area contributed by atoms with E-state index >= 15 is 0 Å². The van der Waals surface area contributed by atoms with Crippen LogP contribution >= 0.6 is 0 Å². The van der Waals surface area contributed by atoms with Gasteiger partial charge in [-0.1, -0.05) is 60.7 Å². The molecule has 0 unspecified atom stereocenters. The molecule has 33 heavy (non-hydrogen) atoms. The Morgan fingerprint density at radius 1 is 0.758 bits per heavy atom. The highest BCUT2D eigenvalue weighted by atomic mass is 19.2. The maximum Gasteiger partial charge on any atom is 0.200 e. The van der Waals surface area contributed by atoms with E-state index in [1.54, 1.807) is 30.3 Å². The fourth-order valence-corrected chi connectivity index (χ4v) is 4.67. The van der Waals surface area contributed by atoms with E-state index in [2.05, 4.69) is 6.58 Å². The predicted octanol–water partition coefficient (Wildman–Crippen LogP) is 8.22. The molecule has 0 saturated heterocycles. The monoisotopic (exact) mass is 454 g/mol. The topological polar surface area (TPSA) is 9.23 Å². The first kappa shape index (κ1) is 23.1. The van der Waals surface area contributed by atoms with Crippen LogP contribution in [-0.2, 0) is 0 Å². The first-order valence-electron chi connectivity index (χ1n) is 11.2. The van der Waals surface area contributed by atoms with Gasteiger partial charge in [-0.15, -0.1) is 0 Å². The van der Waals surface area contributed by atoms with Crippen LogP contribution in [0.25, 0.3) is 11.1 Å². The first-order chi connectivity index (χ1) is 15.9. The standard InChI is InChI=1S/C28H26F4O/c1-3-16-33-24-15-14-23(27(31)28(24)32)20-10-8-19(9-11-20)22-13-12-21(25(29)26(22)30)18-6-4-17(2)5-7-18/h3-7,12-15,19-20H,1,8-11,16H2,2H3. The normalized spacial score (nSPS) is 18.2. The van der Waals surface area contributed by atoms with Crippen molar-refractivity contribution in [2.45, 2.75) is 44.4 Å². The summed E-state index contributed by atoms with van der Waals surface area (Å²) in [4.78, 5) is 0. The third-order valence-corrected chi connectivity index (χ3v) is 6.52. The van der Waals surface area contributed by atoms with E-state index in [1.807, 2.05) is 19.1 Å². The van der Waals surface area contributed by atoms with Gasteiger partial charge in [0.1, 0.15) is 6.61 Å². The van der Waals surface area contributed by atoms with Crippen molar-refractivity contribution in [3.8, 4) is 16.9 Å². The lowest BCUT2D eigenvalue weighted by Crippen LogP contribution is -2.15. The van der Waals surface area contributed by atoms with Crippen molar-refractivity contribution in [3.05, 3.63) is 101 Å². The van der Waals surface area contributed by atoms with Crippen LogP contribution in [0.4, 0.5) is 17.6 Å². The second-order valence-corrected chi connectivity index (χ2v) is 8.63. The minimum Gasteiger partial charge on any atom is -0.486 e. The van der Waals surface area contributed by atoms with Gasteiger partial charge in [0, 0.05) is 5.56 Å². The zero-order valence-electron chi connectivity index (χ0n) is 18.5. The Balaban J connectivity index is 1.49. The van der Waals surface area contributed by atoms with Crippen molar-refractivity contribution in [3.63, 3.8) is 0 Å². The number of hydrogen-bond donors (Lipinski definition) is 0. The minimum atomic E-state index is -1.00. The van der Waals surface area contributed by atoms with Gasteiger partial charge >= 0.3 is 0 Å². The summed E-state index contributed by atoms with van der Waals surface area (Å²) in [6.45, 7) is 5.52. The van der Waals surface area contributed by atoms with Gasteiger partial charge in [0.25, 0.3) is 0 Å². The van der Waals surface area contributed by atoms with Crippen LogP contribution < -0.4 is 4.74 Å². The highest BCUT2D eigenvalue weighted by Crippen LogP contribution is 2.43. The molecule has 0 aliphatic heterocycles. The van der Waals surface area contributed by atoms with Gasteiger partial charge in [-0.05, 0) is 67.2 Å². The molecule has 1 aliphatic carbocycles. The van der Waals surface area contributed by atoms with E-state index in [1.165, 1.54) is 12.1 Å². The van der Waals surface area contributed by atoms with Crippen LogP contribution in [0.15, 0.2) is 61.2 Å². The van der Waals surface area contributed by atoms with Crippen molar-refractivity contribution in [2.75, 3.05) is 6.61 Å². The molecule has 4 rings (SSSR count). The quantitative estimate of drug-likeness (QED) is 0.269. The maximum atomic E-state index is 15.0. The Bertz CT molecular complexity index is 1150. The second kappa shape index (κ2) is 9.82.